The van der Waals surface area contributed by atoms with E-state index in [0.717, 1.165) is 31.9 Å². The minimum atomic E-state index is -3.07. The van der Waals surface area contributed by atoms with E-state index < -0.39 is 9.84 Å². The molecular weight excluding hydrogens is 362 g/mol. The van der Waals surface area contributed by atoms with Crippen LogP contribution >= 0.6 is 11.6 Å². The topological polar surface area (TPSA) is 60.9 Å². The molecule has 0 unspecified atom stereocenters. The molecule has 1 atom stereocenters. The maximum absolute atomic E-state index is 12.3. The molecule has 2 saturated heterocycles. The Morgan fingerprint density at radius 3 is 2.36 bits per heavy atom. The van der Waals surface area contributed by atoms with E-state index in [-0.39, 0.29) is 29.3 Å². The van der Waals surface area contributed by atoms with Gasteiger partial charge in [-0.25, -0.2) is 8.42 Å². The molecule has 1 aromatic carbocycles. The molecule has 8 heteroatoms. The van der Waals surface area contributed by atoms with E-state index >= 15 is 0 Å². The Hall–Kier alpha value is -1.31. The molecule has 0 aliphatic carbocycles. The molecular formula is C17H24ClN3O3S. The fraction of sp³-hybridized carbons (Fsp3) is 0.588. The van der Waals surface area contributed by atoms with Crippen LogP contribution in [0.1, 0.15) is 6.42 Å². The van der Waals surface area contributed by atoms with Gasteiger partial charge in [0.05, 0.1) is 17.5 Å². The lowest BCUT2D eigenvalue weighted by molar-refractivity contribution is -0.116. The molecule has 2 aliphatic heterocycles. The largest absolute Gasteiger partial charge is 0.369 e. The zero-order chi connectivity index (χ0) is 18.0. The van der Waals surface area contributed by atoms with Crippen molar-refractivity contribution in [2.24, 2.45) is 0 Å². The summed E-state index contributed by atoms with van der Waals surface area (Å²) in [7, 11) is -0.954. The number of hydrogen-bond acceptors (Lipinski definition) is 5. The number of hydrogen-bond donors (Lipinski definition) is 0. The first kappa shape index (κ1) is 18.5. The van der Waals surface area contributed by atoms with Gasteiger partial charge in [0.25, 0.3) is 0 Å². The fourth-order valence-electron chi connectivity index (χ4n) is 3.49. The molecule has 25 heavy (non-hydrogen) atoms. The van der Waals surface area contributed by atoms with Crippen molar-refractivity contribution in [3.8, 4) is 0 Å². The highest BCUT2D eigenvalue weighted by Crippen LogP contribution is 2.27. The predicted molar refractivity (Wildman–Crippen MR) is 101 cm³/mol. The monoisotopic (exact) mass is 385 g/mol. The van der Waals surface area contributed by atoms with Crippen LogP contribution in [0.15, 0.2) is 24.3 Å². The van der Waals surface area contributed by atoms with Gasteiger partial charge in [-0.05, 0) is 37.7 Å². The van der Waals surface area contributed by atoms with Crippen LogP contribution in [0.5, 0.6) is 0 Å². The Kier molecular flexibility index (Phi) is 5.55. The van der Waals surface area contributed by atoms with E-state index in [1.165, 1.54) is 0 Å². The summed E-state index contributed by atoms with van der Waals surface area (Å²) in [6.07, 6.45) is 0.463. The van der Waals surface area contributed by atoms with E-state index in [9.17, 15) is 13.2 Å². The lowest BCUT2D eigenvalue weighted by atomic mass is 10.1. The number of carbonyl (C=O) groups excluding carboxylic acids is 1. The normalized spacial score (nSPS) is 23.6. The second kappa shape index (κ2) is 7.51. The molecule has 0 radical (unpaired) electrons. The number of benzene rings is 1. The van der Waals surface area contributed by atoms with Crippen molar-refractivity contribution in [3.05, 3.63) is 24.3 Å². The van der Waals surface area contributed by atoms with Gasteiger partial charge in [-0.15, -0.1) is 11.6 Å². The summed E-state index contributed by atoms with van der Waals surface area (Å²) in [5.74, 6) is -0.272. The number of sulfone groups is 1. The summed E-state index contributed by atoms with van der Waals surface area (Å²) < 4.78 is 23.6. The second-order valence-electron chi connectivity index (χ2n) is 6.76. The summed E-state index contributed by atoms with van der Waals surface area (Å²) in [4.78, 5) is 18.5. The minimum Gasteiger partial charge on any atom is -0.369 e. The number of rotatable bonds is 4. The quantitative estimate of drug-likeness (QED) is 0.729. The van der Waals surface area contributed by atoms with Gasteiger partial charge >= 0.3 is 0 Å². The van der Waals surface area contributed by atoms with Crippen LogP contribution in [-0.2, 0) is 14.6 Å². The molecule has 1 aromatic rings. The number of nitrogens with zero attached hydrogens (tertiary/aromatic N) is 3. The highest BCUT2D eigenvalue weighted by Gasteiger charge is 2.35. The van der Waals surface area contributed by atoms with Gasteiger partial charge in [0, 0.05) is 37.6 Å². The third-order valence-corrected chi connectivity index (χ3v) is 6.93. The summed E-state index contributed by atoms with van der Waals surface area (Å²) in [5, 5.41) is 0. The number of likely N-dealkylation sites (N-methyl/N-ethyl adjacent to an activating group) is 1. The van der Waals surface area contributed by atoms with E-state index in [1.54, 1.807) is 4.90 Å². The first-order chi connectivity index (χ1) is 11.9. The summed E-state index contributed by atoms with van der Waals surface area (Å²) >= 11 is 5.76. The SMILES string of the molecule is CN1CCN(c2ccc(N(C(=O)CCl)[C@H]3CCS(=O)(=O)C3)cc2)CC1. The average Bonchev–Trinajstić information content (AvgIpc) is 2.96. The van der Waals surface area contributed by atoms with Crippen molar-refractivity contribution in [2.45, 2.75) is 12.5 Å². The van der Waals surface area contributed by atoms with Gasteiger partial charge in [-0.1, -0.05) is 0 Å². The van der Waals surface area contributed by atoms with Gasteiger partial charge in [0.1, 0.15) is 5.88 Å². The second-order valence-corrected chi connectivity index (χ2v) is 9.26. The Bertz CT molecular complexity index is 715. The standard InChI is InChI=1S/C17H24ClN3O3S/c1-19-7-9-20(10-8-19)14-2-4-15(5-3-14)21(17(22)12-18)16-6-11-25(23,24)13-16/h2-5,16H,6-13H2,1H3/t16-/m0/s1. The van der Waals surface area contributed by atoms with Crippen LogP contribution in [-0.4, -0.2) is 75.9 Å². The molecule has 2 aliphatic rings. The average molecular weight is 386 g/mol. The zero-order valence-electron chi connectivity index (χ0n) is 14.4. The van der Waals surface area contributed by atoms with Gasteiger partial charge in [-0.2, -0.15) is 0 Å². The molecule has 0 saturated carbocycles. The molecule has 1 amide bonds. The van der Waals surface area contributed by atoms with E-state index in [1.807, 2.05) is 24.3 Å². The first-order valence-corrected chi connectivity index (χ1v) is 10.9. The van der Waals surface area contributed by atoms with Gasteiger partial charge in [0.2, 0.25) is 5.91 Å². The number of amides is 1. The molecule has 0 bridgehead atoms. The smallest absolute Gasteiger partial charge is 0.242 e. The van der Waals surface area contributed by atoms with E-state index in [0.29, 0.717) is 12.1 Å². The van der Waals surface area contributed by atoms with Crippen LogP contribution < -0.4 is 9.80 Å². The molecule has 0 spiro atoms. The molecule has 3 rings (SSSR count). The lowest BCUT2D eigenvalue weighted by Crippen LogP contribution is -2.44. The van der Waals surface area contributed by atoms with Gasteiger partial charge in [-0.3, -0.25) is 4.79 Å². The van der Waals surface area contributed by atoms with Crippen LogP contribution in [0, 0.1) is 0 Å². The molecule has 0 aromatic heterocycles. The Labute approximate surface area is 154 Å². The van der Waals surface area contributed by atoms with Crippen LogP contribution in [0.4, 0.5) is 11.4 Å². The number of alkyl halides is 1. The number of anilines is 2. The third kappa shape index (κ3) is 4.27. The summed E-state index contributed by atoms with van der Waals surface area (Å²) in [5.41, 5.74) is 1.83. The van der Waals surface area contributed by atoms with Crippen molar-refractivity contribution in [1.82, 2.24) is 4.90 Å². The van der Waals surface area contributed by atoms with Crippen molar-refractivity contribution < 1.29 is 13.2 Å². The van der Waals surface area contributed by atoms with Crippen molar-refractivity contribution >= 4 is 38.7 Å². The molecule has 0 N–H and O–H groups in total. The molecule has 2 fully saturated rings. The van der Waals surface area contributed by atoms with Gasteiger partial charge < -0.3 is 14.7 Å². The molecule has 2 heterocycles. The Balaban J connectivity index is 1.78. The van der Waals surface area contributed by atoms with Crippen molar-refractivity contribution in [2.75, 3.05) is 60.4 Å². The number of halogens is 1. The summed E-state index contributed by atoms with van der Waals surface area (Å²) in [6, 6.07) is 7.45. The van der Waals surface area contributed by atoms with Crippen LogP contribution in [0.2, 0.25) is 0 Å². The number of carbonyl (C=O) groups is 1. The first-order valence-electron chi connectivity index (χ1n) is 8.51. The molecule has 138 valence electrons. The van der Waals surface area contributed by atoms with Crippen LogP contribution in [0.3, 0.4) is 0 Å². The highest BCUT2D eigenvalue weighted by molar-refractivity contribution is 7.91. The third-order valence-electron chi connectivity index (χ3n) is 4.95. The maximum Gasteiger partial charge on any atom is 0.242 e. The van der Waals surface area contributed by atoms with Crippen LogP contribution in [0.25, 0.3) is 0 Å². The predicted octanol–water partition coefficient (Wildman–Crippen LogP) is 1.20. The zero-order valence-corrected chi connectivity index (χ0v) is 16.0. The highest BCUT2D eigenvalue weighted by atomic mass is 35.5. The number of piperazine rings is 1. The van der Waals surface area contributed by atoms with E-state index in [2.05, 4.69) is 16.8 Å². The molecule has 6 nitrogen and oxygen atoms in total. The lowest BCUT2D eigenvalue weighted by Gasteiger charge is -2.34. The Morgan fingerprint density at radius 2 is 1.84 bits per heavy atom. The van der Waals surface area contributed by atoms with Gasteiger partial charge in [0.15, 0.2) is 9.84 Å². The van der Waals surface area contributed by atoms with E-state index in [4.69, 9.17) is 11.6 Å². The fourth-order valence-corrected chi connectivity index (χ4v) is 5.32. The minimum absolute atomic E-state index is 0.00976. The Morgan fingerprint density at radius 1 is 1.20 bits per heavy atom. The maximum atomic E-state index is 12.3. The van der Waals surface area contributed by atoms with Crippen molar-refractivity contribution in [1.29, 1.82) is 0 Å². The summed E-state index contributed by atoms with van der Waals surface area (Å²) in [6.45, 7) is 4.00. The van der Waals surface area contributed by atoms with Crippen molar-refractivity contribution in [3.63, 3.8) is 0 Å².